The minimum atomic E-state index is -0.597. The van der Waals surface area contributed by atoms with Crippen LogP contribution in [0.25, 0.3) is 5.65 Å². The van der Waals surface area contributed by atoms with Crippen molar-refractivity contribution in [3.8, 4) is 0 Å². The number of anilines is 2. The van der Waals surface area contributed by atoms with E-state index in [-0.39, 0.29) is 11.5 Å². The van der Waals surface area contributed by atoms with E-state index < -0.39 is 11.7 Å². The van der Waals surface area contributed by atoms with Crippen molar-refractivity contribution in [1.29, 1.82) is 0 Å². The van der Waals surface area contributed by atoms with Crippen molar-refractivity contribution in [2.75, 3.05) is 10.6 Å². The number of aryl methyl sites for hydroxylation is 2. The number of ketones is 1. The number of nitrogens with zero attached hydrogens (tertiary/aromatic N) is 5. The Balaban J connectivity index is 1.27. The molecule has 1 saturated carbocycles. The first kappa shape index (κ1) is 25.3. The number of hydrogen-bond donors (Lipinski definition) is 2. The number of hydrogen-bond acceptors (Lipinski definition) is 8. The lowest BCUT2D eigenvalue weighted by Gasteiger charge is -2.20. The number of rotatable bonds is 7. The summed E-state index contributed by atoms with van der Waals surface area (Å²) in [7, 11) is 0. The summed E-state index contributed by atoms with van der Waals surface area (Å²) in [6.07, 6.45) is 7.04. The van der Waals surface area contributed by atoms with Crippen LogP contribution in [0.2, 0.25) is 0 Å². The monoisotopic (exact) mass is 513 g/mol. The van der Waals surface area contributed by atoms with E-state index in [0.717, 1.165) is 22.5 Å². The molecule has 4 aromatic heterocycles. The fourth-order valence-electron chi connectivity index (χ4n) is 4.26. The van der Waals surface area contributed by atoms with E-state index >= 15 is 0 Å². The molecule has 1 aliphatic carbocycles. The molecular formula is C28H31N7O3. The Bertz CT molecular complexity index is 1510. The van der Waals surface area contributed by atoms with Crippen LogP contribution in [-0.4, -0.2) is 41.8 Å². The minimum Gasteiger partial charge on any atom is -0.444 e. The van der Waals surface area contributed by atoms with Gasteiger partial charge in [0.05, 0.1) is 0 Å². The second kappa shape index (κ2) is 9.85. The van der Waals surface area contributed by atoms with Crippen LogP contribution in [-0.2, 0) is 11.3 Å². The summed E-state index contributed by atoms with van der Waals surface area (Å²) >= 11 is 0. The number of aromatic nitrogens is 5. The molecule has 0 atom stereocenters. The van der Waals surface area contributed by atoms with Gasteiger partial charge in [0, 0.05) is 30.7 Å². The maximum atomic E-state index is 13.1. The van der Waals surface area contributed by atoms with E-state index in [9.17, 15) is 9.59 Å². The summed E-state index contributed by atoms with van der Waals surface area (Å²) in [5.74, 6) is 1.29. The van der Waals surface area contributed by atoms with Crippen molar-refractivity contribution in [1.82, 2.24) is 24.3 Å². The first-order chi connectivity index (χ1) is 18.1. The fourth-order valence-corrected chi connectivity index (χ4v) is 4.26. The van der Waals surface area contributed by atoms with Crippen LogP contribution >= 0.6 is 0 Å². The smallest absolute Gasteiger partial charge is 0.413 e. The van der Waals surface area contributed by atoms with Crippen LogP contribution in [0.5, 0.6) is 0 Å². The van der Waals surface area contributed by atoms with Crippen molar-refractivity contribution in [3.63, 3.8) is 0 Å². The highest BCUT2D eigenvalue weighted by Crippen LogP contribution is 2.39. The van der Waals surface area contributed by atoms with Crippen LogP contribution in [0.1, 0.15) is 78.1 Å². The number of fused-ring (bicyclic) bond motifs is 1. The summed E-state index contributed by atoms with van der Waals surface area (Å²) < 4.78 is 7.21. The molecular weight excluding hydrogens is 482 g/mol. The van der Waals surface area contributed by atoms with Gasteiger partial charge in [0.15, 0.2) is 0 Å². The van der Waals surface area contributed by atoms with Gasteiger partial charge in [-0.3, -0.25) is 10.1 Å². The summed E-state index contributed by atoms with van der Waals surface area (Å²) in [6.45, 7) is 9.66. The van der Waals surface area contributed by atoms with Gasteiger partial charge < -0.3 is 14.5 Å². The first-order valence-electron chi connectivity index (χ1n) is 12.6. The first-order valence-corrected chi connectivity index (χ1v) is 12.6. The highest BCUT2D eigenvalue weighted by molar-refractivity contribution is 6.07. The molecule has 1 amide bonds. The van der Waals surface area contributed by atoms with Gasteiger partial charge in [0.25, 0.3) is 0 Å². The van der Waals surface area contributed by atoms with Crippen molar-refractivity contribution in [3.05, 3.63) is 76.8 Å². The lowest BCUT2D eigenvalue weighted by atomic mass is 10.1. The third kappa shape index (κ3) is 5.80. The van der Waals surface area contributed by atoms with Crippen LogP contribution in [0.4, 0.5) is 16.4 Å². The van der Waals surface area contributed by atoms with E-state index in [4.69, 9.17) is 4.74 Å². The number of nitrogens with one attached hydrogen (secondary N) is 2. The maximum absolute atomic E-state index is 13.1. The predicted molar refractivity (Wildman–Crippen MR) is 144 cm³/mol. The Morgan fingerprint density at radius 2 is 1.82 bits per heavy atom. The quantitative estimate of drug-likeness (QED) is 0.323. The summed E-state index contributed by atoms with van der Waals surface area (Å²) in [6, 6.07) is 7.45. The Hall–Kier alpha value is -4.34. The van der Waals surface area contributed by atoms with Gasteiger partial charge in [-0.25, -0.2) is 24.7 Å². The molecule has 0 spiro atoms. The van der Waals surface area contributed by atoms with Gasteiger partial charge in [-0.2, -0.15) is 0 Å². The van der Waals surface area contributed by atoms with Crippen LogP contribution in [0.3, 0.4) is 0 Å². The third-order valence-electron chi connectivity index (χ3n) is 6.28. The Morgan fingerprint density at radius 3 is 2.53 bits per heavy atom. The maximum Gasteiger partial charge on any atom is 0.413 e. The fraction of sp³-hybridized carbons (Fsp3) is 0.357. The highest BCUT2D eigenvalue weighted by atomic mass is 16.6. The minimum absolute atomic E-state index is 0.261. The summed E-state index contributed by atoms with van der Waals surface area (Å²) in [4.78, 5) is 42.7. The van der Waals surface area contributed by atoms with Crippen molar-refractivity contribution >= 4 is 29.2 Å². The average molecular weight is 514 g/mol. The zero-order valence-corrected chi connectivity index (χ0v) is 22.2. The van der Waals surface area contributed by atoms with Crippen molar-refractivity contribution in [2.45, 2.75) is 65.5 Å². The van der Waals surface area contributed by atoms with Gasteiger partial charge in [-0.05, 0) is 82.2 Å². The Morgan fingerprint density at radius 1 is 1.03 bits per heavy atom. The lowest BCUT2D eigenvalue weighted by Crippen LogP contribution is -2.27. The summed E-state index contributed by atoms with van der Waals surface area (Å²) in [5, 5.41) is 5.93. The number of carbonyl (C=O) groups excluding carboxylic acids is 2. The molecule has 0 aromatic carbocycles. The number of imidazole rings is 1. The molecule has 0 unspecified atom stereocenters. The van der Waals surface area contributed by atoms with Crippen molar-refractivity contribution in [2.24, 2.45) is 0 Å². The molecule has 1 aliphatic rings. The van der Waals surface area contributed by atoms with E-state index in [1.165, 1.54) is 24.7 Å². The van der Waals surface area contributed by atoms with Crippen LogP contribution in [0, 0.1) is 13.8 Å². The van der Waals surface area contributed by atoms with E-state index in [0.29, 0.717) is 29.8 Å². The summed E-state index contributed by atoms with van der Waals surface area (Å²) in [5.41, 5.74) is 4.66. The molecule has 2 N–H and O–H groups in total. The Kier molecular flexibility index (Phi) is 6.56. The zero-order chi connectivity index (χ0) is 27.0. The molecule has 0 bridgehead atoms. The molecule has 4 aromatic rings. The third-order valence-corrected chi connectivity index (χ3v) is 6.28. The van der Waals surface area contributed by atoms with Gasteiger partial charge in [0.2, 0.25) is 5.78 Å². The topological polar surface area (TPSA) is 123 Å². The molecule has 0 aliphatic heterocycles. The molecule has 10 nitrogen and oxygen atoms in total. The average Bonchev–Trinajstić information content (AvgIpc) is 3.60. The molecule has 0 saturated heterocycles. The molecule has 1 fully saturated rings. The molecule has 196 valence electrons. The van der Waals surface area contributed by atoms with E-state index in [1.54, 1.807) is 39.1 Å². The standard InChI is InChI=1S/C28H31N7O3/c1-16-10-24(34-27(37)38-28(3,4)5)32-17(2)20(16)12-29-23-11-21(30-15-31-23)26(36)22-14-35-13-19(18-6-7-18)8-9-25(35)33-22/h8-11,13-15,18H,6-7,12H2,1-5H3,(H,29,30,31)(H,32,34,37). The van der Waals surface area contributed by atoms with Crippen LogP contribution in [0.15, 0.2) is 43.0 Å². The molecule has 38 heavy (non-hydrogen) atoms. The van der Waals surface area contributed by atoms with E-state index in [1.807, 2.05) is 24.3 Å². The normalized spacial score (nSPS) is 13.4. The van der Waals surface area contributed by atoms with Gasteiger partial charge >= 0.3 is 6.09 Å². The molecule has 5 rings (SSSR count). The Labute approximate surface area is 220 Å². The lowest BCUT2D eigenvalue weighted by molar-refractivity contribution is 0.0635. The second-order valence-electron chi connectivity index (χ2n) is 10.6. The predicted octanol–water partition coefficient (Wildman–Crippen LogP) is 5.20. The number of carbonyl (C=O) groups is 2. The molecule has 0 radical (unpaired) electrons. The number of amides is 1. The largest absolute Gasteiger partial charge is 0.444 e. The van der Waals surface area contributed by atoms with E-state index in [2.05, 4.69) is 42.8 Å². The number of pyridine rings is 2. The highest BCUT2D eigenvalue weighted by Gasteiger charge is 2.24. The SMILES string of the molecule is Cc1cc(NC(=O)OC(C)(C)C)nc(C)c1CNc1cc(C(=O)c2cn3cc(C4CC4)ccc3n2)ncn1. The molecule has 4 heterocycles. The zero-order valence-electron chi connectivity index (χ0n) is 22.2. The van der Waals surface area contributed by atoms with Gasteiger partial charge in [0.1, 0.15) is 40.6 Å². The van der Waals surface area contributed by atoms with Gasteiger partial charge in [-0.15, -0.1) is 0 Å². The number of ether oxygens (including phenoxy) is 1. The second-order valence-corrected chi connectivity index (χ2v) is 10.6. The molecule has 10 heteroatoms. The van der Waals surface area contributed by atoms with Crippen LogP contribution < -0.4 is 10.6 Å². The van der Waals surface area contributed by atoms with Gasteiger partial charge in [-0.1, -0.05) is 6.07 Å². The van der Waals surface area contributed by atoms with Crippen molar-refractivity contribution < 1.29 is 14.3 Å².